The van der Waals surface area contributed by atoms with E-state index in [4.69, 9.17) is 10.5 Å². The zero-order valence-corrected chi connectivity index (χ0v) is 22.4. The minimum atomic E-state index is -1.05. The van der Waals surface area contributed by atoms with Crippen molar-refractivity contribution in [1.29, 1.82) is 0 Å². The molecule has 0 saturated heterocycles. The van der Waals surface area contributed by atoms with Gasteiger partial charge >= 0.3 is 0 Å². The predicted octanol–water partition coefficient (Wildman–Crippen LogP) is 6.67. The second-order valence-electron chi connectivity index (χ2n) is 10.5. The first-order chi connectivity index (χ1) is 19.7. The summed E-state index contributed by atoms with van der Waals surface area (Å²) >= 11 is 0. The molecule has 1 fully saturated rings. The van der Waals surface area contributed by atoms with Crippen LogP contribution in [0.4, 0.5) is 14.5 Å². The number of aromatic nitrogens is 2. The summed E-state index contributed by atoms with van der Waals surface area (Å²) in [5.74, 6) is -1.02. The van der Waals surface area contributed by atoms with Gasteiger partial charge in [-0.2, -0.15) is 5.10 Å². The highest BCUT2D eigenvalue weighted by molar-refractivity contribution is 6.11. The summed E-state index contributed by atoms with van der Waals surface area (Å²) < 4.78 is 36.2. The Balaban J connectivity index is 1.21. The molecular weight excluding hydrogens is 524 g/mol. The van der Waals surface area contributed by atoms with E-state index in [-0.39, 0.29) is 36.0 Å². The van der Waals surface area contributed by atoms with Crippen molar-refractivity contribution in [1.82, 2.24) is 9.61 Å². The lowest BCUT2D eigenvalue weighted by molar-refractivity contribution is -0.133. The van der Waals surface area contributed by atoms with Gasteiger partial charge in [0.1, 0.15) is 11.3 Å². The molecule has 6 rings (SSSR count). The number of nitrogens with zero attached hydrogens (tertiary/aromatic N) is 2. The number of nitrogens with two attached hydrogens (primary N) is 1. The average Bonchev–Trinajstić information content (AvgIpc) is 3.67. The van der Waals surface area contributed by atoms with Gasteiger partial charge in [0.05, 0.1) is 11.6 Å². The maximum absolute atomic E-state index is 15.3. The molecule has 206 valence electrons. The van der Waals surface area contributed by atoms with Crippen molar-refractivity contribution in [2.75, 3.05) is 5.73 Å². The number of benzene rings is 3. The van der Waals surface area contributed by atoms with Gasteiger partial charge in [-0.3, -0.25) is 9.59 Å². The van der Waals surface area contributed by atoms with Crippen molar-refractivity contribution < 1.29 is 23.1 Å². The average molecular weight is 552 g/mol. The van der Waals surface area contributed by atoms with E-state index in [1.807, 2.05) is 31.2 Å². The van der Waals surface area contributed by atoms with Gasteiger partial charge in [-0.05, 0) is 78.4 Å². The molecule has 3 aromatic carbocycles. The fourth-order valence-electron chi connectivity index (χ4n) is 5.27. The van der Waals surface area contributed by atoms with Crippen molar-refractivity contribution in [3.63, 3.8) is 0 Å². The third kappa shape index (κ3) is 4.97. The number of halogens is 2. The number of carbonyl (C=O) groups excluding carboxylic acids is 2. The van der Waals surface area contributed by atoms with Gasteiger partial charge in [0.25, 0.3) is 0 Å². The van der Waals surface area contributed by atoms with Gasteiger partial charge in [-0.15, -0.1) is 0 Å². The Morgan fingerprint density at radius 3 is 2.32 bits per heavy atom. The maximum Gasteiger partial charge on any atom is 0.166 e. The van der Waals surface area contributed by atoms with Gasteiger partial charge in [0.2, 0.25) is 0 Å². The van der Waals surface area contributed by atoms with Crippen molar-refractivity contribution in [2.24, 2.45) is 5.41 Å². The largest absolute Gasteiger partial charge is 0.452 e. The van der Waals surface area contributed by atoms with E-state index in [0.717, 1.165) is 16.7 Å². The van der Waals surface area contributed by atoms with Crippen LogP contribution in [0.25, 0.3) is 16.6 Å². The number of ether oxygens (including phenoxy) is 1. The van der Waals surface area contributed by atoms with Crippen LogP contribution >= 0.6 is 0 Å². The highest BCUT2D eigenvalue weighted by atomic mass is 19.1. The molecular formula is C33H27F2N3O3. The summed E-state index contributed by atoms with van der Waals surface area (Å²) in [4.78, 5) is 26.1. The van der Waals surface area contributed by atoms with Crippen LogP contribution in [0.3, 0.4) is 0 Å². The Morgan fingerprint density at radius 1 is 0.902 bits per heavy atom. The molecule has 6 nitrogen and oxygen atoms in total. The van der Waals surface area contributed by atoms with Crippen LogP contribution in [0.15, 0.2) is 85.2 Å². The van der Waals surface area contributed by atoms with E-state index < -0.39 is 11.2 Å². The number of hydrogen-bond acceptors (Lipinski definition) is 5. The lowest BCUT2D eigenvalue weighted by Gasteiger charge is -2.14. The molecule has 2 N–H and O–H groups in total. The molecule has 2 heterocycles. The number of fused-ring (bicyclic) bond motifs is 1. The quantitative estimate of drug-likeness (QED) is 0.163. The minimum Gasteiger partial charge on any atom is -0.452 e. The second-order valence-corrected chi connectivity index (χ2v) is 10.5. The van der Waals surface area contributed by atoms with E-state index >= 15 is 4.39 Å². The van der Waals surface area contributed by atoms with Crippen molar-refractivity contribution in [3.05, 3.63) is 114 Å². The standard InChI is InChI=1S/C33H27F2N3O3/c1-20-24(3-2-4-27(20)36)25-12-16-38-32(25)29(11-15-37-38)41-28-10-7-22(17-26(28)35)19-31(40)33(13-14-33)30(39)18-21-5-8-23(34)9-6-21/h2-12,15-17H,13-14,18-19,36H2,1H3. The third-order valence-electron chi connectivity index (χ3n) is 7.86. The lowest BCUT2D eigenvalue weighted by atomic mass is 9.88. The van der Waals surface area contributed by atoms with Crippen LogP contribution in [0.2, 0.25) is 0 Å². The Bertz CT molecular complexity index is 1810. The molecule has 0 aliphatic heterocycles. The molecule has 0 radical (unpaired) electrons. The molecule has 1 aliphatic carbocycles. The molecule has 0 amide bonds. The van der Waals surface area contributed by atoms with E-state index in [2.05, 4.69) is 5.10 Å². The molecule has 5 aromatic rings. The van der Waals surface area contributed by atoms with Crippen molar-refractivity contribution >= 4 is 22.8 Å². The van der Waals surface area contributed by atoms with Crippen molar-refractivity contribution in [3.8, 4) is 22.6 Å². The SMILES string of the molecule is Cc1c(N)cccc1-c1ccn2nccc(Oc3ccc(CC(=O)C4(C(=O)Cc5ccc(F)cc5)CC4)cc3F)c12. The first-order valence-corrected chi connectivity index (χ1v) is 13.3. The van der Waals surface area contributed by atoms with Crippen LogP contribution in [-0.2, 0) is 22.4 Å². The number of anilines is 1. The highest BCUT2D eigenvalue weighted by Crippen LogP contribution is 2.49. The summed E-state index contributed by atoms with van der Waals surface area (Å²) in [5, 5.41) is 4.35. The first kappa shape index (κ1) is 26.4. The maximum atomic E-state index is 15.3. The van der Waals surface area contributed by atoms with E-state index in [0.29, 0.717) is 40.9 Å². The second kappa shape index (κ2) is 10.3. The number of Topliss-reactive ketones (excluding diaryl/α,β-unsaturated/α-hetero) is 2. The fraction of sp³-hybridized carbons (Fsp3) is 0.182. The minimum absolute atomic E-state index is 0.000678. The number of carbonyl (C=O) groups is 2. The molecule has 2 aromatic heterocycles. The first-order valence-electron chi connectivity index (χ1n) is 13.3. The summed E-state index contributed by atoms with van der Waals surface area (Å²) in [5.41, 5.74) is 10.2. The Hall–Kier alpha value is -4.85. The van der Waals surface area contributed by atoms with Gasteiger partial charge < -0.3 is 10.5 Å². The van der Waals surface area contributed by atoms with Gasteiger partial charge in [-0.25, -0.2) is 13.3 Å². The number of hydrogen-bond donors (Lipinski definition) is 1. The smallest absolute Gasteiger partial charge is 0.166 e. The molecule has 0 bridgehead atoms. The Labute approximate surface area is 235 Å². The van der Waals surface area contributed by atoms with Crippen LogP contribution in [0, 0.1) is 24.0 Å². The van der Waals surface area contributed by atoms with E-state index in [9.17, 15) is 14.0 Å². The van der Waals surface area contributed by atoms with Crippen molar-refractivity contribution in [2.45, 2.75) is 32.6 Å². The predicted molar refractivity (Wildman–Crippen MR) is 152 cm³/mol. The lowest BCUT2D eigenvalue weighted by Crippen LogP contribution is -2.28. The number of rotatable bonds is 9. The molecule has 0 atom stereocenters. The topological polar surface area (TPSA) is 86.7 Å². The Kier molecular flexibility index (Phi) is 6.61. The number of ketones is 2. The summed E-state index contributed by atoms with van der Waals surface area (Å²) in [6.45, 7) is 1.94. The molecule has 0 spiro atoms. The molecule has 8 heteroatoms. The summed E-state index contributed by atoms with van der Waals surface area (Å²) in [6.07, 6.45) is 4.31. The molecule has 1 aliphatic rings. The van der Waals surface area contributed by atoms with E-state index in [1.165, 1.54) is 24.3 Å². The molecule has 0 unspecified atom stereocenters. The zero-order valence-electron chi connectivity index (χ0n) is 22.4. The molecule has 41 heavy (non-hydrogen) atoms. The van der Waals surface area contributed by atoms with Gasteiger partial charge in [0, 0.05) is 36.4 Å². The highest BCUT2D eigenvalue weighted by Gasteiger charge is 2.54. The fourth-order valence-corrected chi connectivity index (χ4v) is 5.27. The zero-order chi connectivity index (χ0) is 28.7. The van der Waals surface area contributed by atoms with Crippen LogP contribution in [-0.4, -0.2) is 21.2 Å². The third-order valence-corrected chi connectivity index (χ3v) is 7.86. The normalized spacial score (nSPS) is 13.7. The monoisotopic (exact) mass is 551 g/mol. The Morgan fingerprint density at radius 2 is 1.61 bits per heavy atom. The molecule has 1 saturated carbocycles. The van der Waals surface area contributed by atoms with Gasteiger partial charge in [-0.1, -0.05) is 30.3 Å². The number of nitrogen functional groups attached to an aromatic ring is 1. The van der Waals surface area contributed by atoms with Crippen LogP contribution in [0.5, 0.6) is 11.5 Å². The van der Waals surface area contributed by atoms with Crippen LogP contribution < -0.4 is 10.5 Å². The van der Waals surface area contributed by atoms with Gasteiger partial charge in [0.15, 0.2) is 28.9 Å². The summed E-state index contributed by atoms with van der Waals surface area (Å²) in [6, 6.07) is 19.3. The summed E-state index contributed by atoms with van der Waals surface area (Å²) in [7, 11) is 0. The van der Waals surface area contributed by atoms with Crippen LogP contribution in [0.1, 0.15) is 29.5 Å². The van der Waals surface area contributed by atoms with E-state index in [1.54, 1.807) is 41.2 Å².